The molecule has 2 aliphatic heterocycles. The molecule has 0 fully saturated rings. The van der Waals surface area contributed by atoms with Crippen LogP contribution in [0.3, 0.4) is 0 Å². The van der Waals surface area contributed by atoms with Gasteiger partial charge in [-0.1, -0.05) is 66.7 Å². The molecule has 0 saturated carbocycles. The highest BCUT2D eigenvalue weighted by Crippen LogP contribution is 2.35. The number of amides is 1. The van der Waals surface area contributed by atoms with Gasteiger partial charge in [0.1, 0.15) is 16.9 Å². The van der Waals surface area contributed by atoms with Crippen LogP contribution in [0, 0.1) is 41.4 Å². The maximum atomic E-state index is 13.8. The number of rotatable bonds is 0. The SMILES string of the molecule is C/C1=C/C=C/[C@H](C)[C@H](O)[C@@H](C)[C@@H](O)[C@@H](C)[C@H](O)[C@H](C)[C@@H](O)C(C)CC(C)C(=O)C2=c3c(O)cc(c(O)c3C(O)C(C)C2=O)=NC1=O. The van der Waals surface area contributed by atoms with E-state index in [1.165, 1.54) is 19.9 Å². The molecule has 12 atom stereocenters. The summed E-state index contributed by atoms with van der Waals surface area (Å²) < 4.78 is 0. The molecule has 4 rings (SSSR count). The lowest BCUT2D eigenvalue weighted by molar-refractivity contribution is -0.125. The fraction of sp³-hybridized carbons (Fsp3) is 0.600. The first-order valence-corrected chi connectivity index (χ1v) is 15.9. The Morgan fingerprint density at radius 3 is 1.89 bits per heavy atom. The number of phenols is 2. The molecule has 46 heavy (non-hydrogen) atoms. The van der Waals surface area contributed by atoms with Crippen molar-refractivity contribution in [3.63, 3.8) is 0 Å². The number of carbonyl (C=O) groups is 3. The van der Waals surface area contributed by atoms with Gasteiger partial charge in [-0.15, -0.1) is 0 Å². The lowest BCUT2D eigenvalue weighted by Crippen LogP contribution is -2.46. The predicted octanol–water partition coefficient (Wildman–Crippen LogP) is 1.38. The molecule has 1 aromatic carbocycles. The number of fused-ring (bicyclic) bond motifs is 16. The molecule has 1 aromatic rings. The monoisotopic (exact) mass is 643 g/mol. The maximum absolute atomic E-state index is 13.8. The third-order valence-electron chi connectivity index (χ3n) is 10.1. The number of aliphatic hydroxyl groups excluding tert-OH is 5. The van der Waals surface area contributed by atoms with Gasteiger partial charge in [-0.3, -0.25) is 14.4 Å². The van der Waals surface area contributed by atoms with Crippen LogP contribution in [0.1, 0.15) is 73.5 Å². The quantitative estimate of drug-likeness (QED) is 0.202. The minimum atomic E-state index is -1.60. The van der Waals surface area contributed by atoms with E-state index in [1.807, 2.05) is 0 Å². The van der Waals surface area contributed by atoms with E-state index in [2.05, 4.69) is 4.99 Å². The molecule has 11 nitrogen and oxygen atoms in total. The van der Waals surface area contributed by atoms with E-state index in [0.717, 1.165) is 6.07 Å². The Hall–Kier alpha value is -3.22. The third-order valence-corrected chi connectivity index (χ3v) is 10.1. The number of hydrogen-bond acceptors (Lipinski definition) is 10. The average Bonchev–Trinajstić information content (AvgIpc) is 3.02. The summed E-state index contributed by atoms with van der Waals surface area (Å²) >= 11 is 0. The Morgan fingerprint density at radius 2 is 1.30 bits per heavy atom. The summed E-state index contributed by atoms with van der Waals surface area (Å²) in [5.41, 5.74) is -0.554. The predicted molar refractivity (Wildman–Crippen MR) is 170 cm³/mol. The first-order valence-electron chi connectivity index (χ1n) is 15.9. The van der Waals surface area contributed by atoms with Gasteiger partial charge in [0, 0.05) is 52.0 Å². The summed E-state index contributed by atoms with van der Waals surface area (Å²) in [5, 5.41) is 76.9. The van der Waals surface area contributed by atoms with Crippen LogP contribution in [0.5, 0.6) is 11.5 Å². The maximum Gasteiger partial charge on any atom is 0.273 e. The Kier molecular flexibility index (Phi) is 11.9. The van der Waals surface area contributed by atoms with E-state index >= 15 is 0 Å². The first-order chi connectivity index (χ1) is 21.3. The second-order valence-corrected chi connectivity index (χ2v) is 13.6. The van der Waals surface area contributed by atoms with Gasteiger partial charge in [-0.25, -0.2) is 4.99 Å². The molecule has 0 spiro atoms. The summed E-state index contributed by atoms with van der Waals surface area (Å²) in [5.74, 6) is -8.65. The highest BCUT2D eigenvalue weighted by atomic mass is 16.3. The van der Waals surface area contributed by atoms with Gasteiger partial charge >= 0.3 is 0 Å². The van der Waals surface area contributed by atoms with Crippen LogP contribution in [0.15, 0.2) is 34.9 Å². The number of Topliss-reactive ketones (excluding diaryl/α,β-unsaturated/α-hetero) is 2. The molecule has 4 bridgehead atoms. The molecule has 3 aliphatic rings. The van der Waals surface area contributed by atoms with Crippen LogP contribution < -0.4 is 10.6 Å². The highest BCUT2D eigenvalue weighted by molar-refractivity contribution is 6.42. The molecule has 0 saturated heterocycles. The van der Waals surface area contributed by atoms with Gasteiger partial charge in [-0.2, -0.15) is 0 Å². The zero-order chi connectivity index (χ0) is 34.9. The standard InChI is InChI=1S/C35H49NO10/c1-14-10-9-11-15(2)35(46)36-22-13-23(37)24-25(32(43)21(8)33(44)26(24)34(22)45)29(40)17(4)12-16(3)28(39)19(6)31(42)20(7)30(41)18(5)27(14)38/h9-11,13-14,16-21,27-28,30-31,33,37-39,41-42,44-45H,12H2,1-8H3/b10-9+,15-11-,36-22?/t14-,16?,17?,18+,19+,20+,21?,27-,28-,30+,31+,33?/m0/s1. The Labute approximate surface area is 269 Å². The first kappa shape index (κ1) is 37.2. The lowest BCUT2D eigenvalue weighted by atomic mass is 9.74. The Balaban J connectivity index is 2.24. The van der Waals surface area contributed by atoms with Crippen molar-refractivity contribution in [1.82, 2.24) is 0 Å². The topological polar surface area (TPSA) is 205 Å². The zero-order valence-corrected chi connectivity index (χ0v) is 27.7. The van der Waals surface area contributed by atoms with Crippen LogP contribution in [-0.2, 0) is 14.4 Å². The Morgan fingerprint density at radius 1 is 0.761 bits per heavy atom. The average molecular weight is 644 g/mol. The summed E-state index contributed by atoms with van der Waals surface area (Å²) in [4.78, 5) is 44.1. The molecule has 0 aromatic heterocycles. The number of ketones is 2. The van der Waals surface area contributed by atoms with E-state index in [0.29, 0.717) is 0 Å². The molecular weight excluding hydrogens is 594 g/mol. The number of benzene rings is 1. The molecule has 4 unspecified atom stereocenters. The van der Waals surface area contributed by atoms with Crippen molar-refractivity contribution in [2.45, 2.75) is 92.3 Å². The van der Waals surface area contributed by atoms with Crippen molar-refractivity contribution in [3.8, 4) is 11.5 Å². The number of allylic oxidation sites excluding steroid dienone is 2. The molecule has 1 aliphatic carbocycles. The summed E-state index contributed by atoms with van der Waals surface area (Å²) in [7, 11) is 0. The third kappa shape index (κ3) is 7.18. The molecular formula is C35H49NO10. The number of aromatic hydroxyl groups is 2. The second-order valence-electron chi connectivity index (χ2n) is 13.6. The van der Waals surface area contributed by atoms with Gasteiger partial charge in [0.05, 0.1) is 42.0 Å². The van der Waals surface area contributed by atoms with Crippen molar-refractivity contribution in [2.75, 3.05) is 0 Å². The van der Waals surface area contributed by atoms with Crippen molar-refractivity contribution in [2.24, 2.45) is 46.4 Å². The van der Waals surface area contributed by atoms with E-state index in [4.69, 9.17) is 0 Å². The van der Waals surface area contributed by atoms with E-state index in [1.54, 1.807) is 53.7 Å². The number of aliphatic hydroxyl groups is 5. The van der Waals surface area contributed by atoms with Gasteiger partial charge in [0.2, 0.25) is 0 Å². The van der Waals surface area contributed by atoms with Crippen LogP contribution in [0.4, 0.5) is 0 Å². The van der Waals surface area contributed by atoms with Crippen LogP contribution >= 0.6 is 0 Å². The second kappa shape index (κ2) is 14.7. The normalized spacial score (nSPS) is 39.0. The minimum Gasteiger partial charge on any atom is -0.507 e. The number of carbonyl (C=O) groups excluding carboxylic acids is 3. The Bertz CT molecular complexity index is 1530. The van der Waals surface area contributed by atoms with Gasteiger partial charge in [0.25, 0.3) is 5.91 Å². The molecule has 7 N–H and O–H groups in total. The van der Waals surface area contributed by atoms with E-state index in [-0.39, 0.29) is 28.1 Å². The van der Waals surface area contributed by atoms with Crippen LogP contribution in [-0.4, -0.2) is 77.6 Å². The van der Waals surface area contributed by atoms with Crippen LogP contribution in [0.25, 0.3) is 5.57 Å². The van der Waals surface area contributed by atoms with Crippen molar-refractivity contribution in [1.29, 1.82) is 0 Å². The van der Waals surface area contributed by atoms with Gasteiger partial charge in [-0.05, 0) is 19.3 Å². The highest BCUT2D eigenvalue weighted by Gasteiger charge is 2.41. The summed E-state index contributed by atoms with van der Waals surface area (Å²) in [6, 6.07) is 0.959. The minimum absolute atomic E-state index is 0.0796. The molecule has 2 heterocycles. The van der Waals surface area contributed by atoms with Crippen molar-refractivity contribution >= 4 is 23.0 Å². The van der Waals surface area contributed by atoms with E-state index in [9.17, 15) is 50.1 Å². The van der Waals surface area contributed by atoms with Gasteiger partial charge < -0.3 is 35.7 Å². The molecule has 254 valence electrons. The summed E-state index contributed by atoms with van der Waals surface area (Å²) in [6.07, 6.45) is -1.33. The van der Waals surface area contributed by atoms with Crippen molar-refractivity contribution in [3.05, 3.63) is 46.0 Å². The fourth-order valence-corrected chi connectivity index (χ4v) is 6.66. The van der Waals surface area contributed by atoms with Gasteiger partial charge in [0.15, 0.2) is 11.6 Å². The number of nitrogens with zero attached hydrogens (tertiary/aromatic N) is 1. The number of hydrogen-bond donors (Lipinski definition) is 7. The zero-order valence-electron chi connectivity index (χ0n) is 27.7. The van der Waals surface area contributed by atoms with Crippen LogP contribution in [0.2, 0.25) is 0 Å². The molecule has 11 heteroatoms. The summed E-state index contributed by atoms with van der Waals surface area (Å²) in [6.45, 7) is 12.8. The fourth-order valence-electron chi connectivity index (χ4n) is 6.66. The van der Waals surface area contributed by atoms with Crippen molar-refractivity contribution < 1.29 is 50.1 Å². The lowest BCUT2D eigenvalue weighted by Gasteiger charge is -2.37. The van der Waals surface area contributed by atoms with E-state index < -0.39 is 106 Å². The molecule has 0 radical (unpaired) electrons. The smallest absolute Gasteiger partial charge is 0.273 e. The largest absolute Gasteiger partial charge is 0.507 e. The number of phenolic OH excluding ortho intramolecular Hbond substituents is 2. The molecule has 1 amide bonds.